The molecule has 2 heteroatoms. The van der Waals surface area contributed by atoms with Crippen LogP contribution >= 0.6 is 0 Å². The van der Waals surface area contributed by atoms with Crippen LogP contribution in [-0.2, 0) is 0 Å². The van der Waals surface area contributed by atoms with E-state index in [4.69, 9.17) is 0 Å². The molecule has 0 aliphatic carbocycles. The quantitative estimate of drug-likeness (QED) is 0.394. The molecule has 0 saturated carbocycles. The largest absolute Gasteiger partial charge is 0.286 e. The van der Waals surface area contributed by atoms with Gasteiger partial charge < -0.3 is 0 Å². The third-order valence-electron chi connectivity index (χ3n) is 2.59. The van der Waals surface area contributed by atoms with Crippen molar-refractivity contribution in [3.8, 4) is 11.5 Å². The van der Waals surface area contributed by atoms with E-state index in [0.29, 0.717) is 6.04 Å². The Morgan fingerprint density at radius 2 is 2.13 bits per heavy atom. The number of rotatable bonds is 2. The predicted molar refractivity (Wildman–Crippen MR) is 70.5 cm³/mol. The zero-order valence-corrected chi connectivity index (χ0v) is 11.3. The average molecular weight is 221 g/mol. The van der Waals surface area contributed by atoms with Crippen LogP contribution in [0.1, 0.15) is 19.3 Å². The summed E-state index contributed by atoms with van der Waals surface area (Å²) in [6.07, 6.45) is 5.89. The first-order valence-electron chi connectivity index (χ1n) is 5.90. The van der Waals surface area contributed by atoms with Crippen LogP contribution in [0, 0.1) is 11.5 Å². The monoisotopic (exact) mass is 221 g/mol. The molecule has 1 heterocycles. The van der Waals surface area contributed by atoms with E-state index in [9.17, 15) is 0 Å². The molecule has 0 amide bonds. The highest BCUT2D eigenvalue weighted by atomic mass is 28.3. The summed E-state index contributed by atoms with van der Waals surface area (Å²) in [5, 5.41) is 0. The maximum atomic E-state index is 3.82. The van der Waals surface area contributed by atoms with E-state index >= 15 is 0 Å². The number of nitrogens with zero attached hydrogens (tertiary/aromatic N) is 1. The van der Waals surface area contributed by atoms with Crippen molar-refractivity contribution < 1.29 is 0 Å². The number of hydrogen-bond acceptors (Lipinski definition) is 1. The molecule has 0 aromatic carbocycles. The van der Waals surface area contributed by atoms with E-state index in [-0.39, 0.29) is 0 Å². The molecule has 0 spiro atoms. The molecule has 15 heavy (non-hydrogen) atoms. The molecule has 0 aromatic rings. The minimum Gasteiger partial charge on any atom is -0.286 e. The number of piperidine rings is 1. The van der Waals surface area contributed by atoms with E-state index in [0.717, 1.165) is 6.54 Å². The summed E-state index contributed by atoms with van der Waals surface area (Å²) in [6.45, 7) is 12.9. The number of hydrogen-bond donors (Lipinski definition) is 0. The molecule has 1 rings (SSSR count). The van der Waals surface area contributed by atoms with E-state index in [1.807, 2.05) is 6.08 Å². The van der Waals surface area contributed by atoms with Gasteiger partial charge in [-0.1, -0.05) is 31.6 Å². The molecule has 1 aliphatic rings. The SMILES string of the molecule is C=CCN1CCCCC1C#C[Si](C)(C)C. The highest BCUT2D eigenvalue weighted by Crippen LogP contribution is 2.16. The first-order valence-corrected chi connectivity index (χ1v) is 9.40. The molecule has 0 radical (unpaired) electrons. The van der Waals surface area contributed by atoms with Crippen LogP contribution in [0.15, 0.2) is 12.7 Å². The maximum Gasteiger partial charge on any atom is 0.129 e. The lowest BCUT2D eigenvalue weighted by Gasteiger charge is -2.31. The molecular formula is C13H23NSi. The fraction of sp³-hybridized carbons (Fsp3) is 0.692. The van der Waals surface area contributed by atoms with Crippen LogP contribution in [0.5, 0.6) is 0 Å². The Bertz CT molecular complexity index is 266. The summed E-state index contributed by atoms with van der Waals surface area (Å²) in [5.74, 6) is 3.49. The minimum atomic E-state index is -1.21. The minimum absolute atomic E-state index is 0.489. The standard InChI is InChI=1S/C13H23NSi/c1-5-10-14-11-7-6-8-13(14)9-12-15(2,3)4/h5,13H,1,6-8,10-11H2,2-4H3. The highest BCUT2D eigenvalue weighted by molar-refractivity contribution is 6.83. The zero-order chi connectivity index (χ0) is 11.3. The van der Waals surface area contributed by atoms with Gasteiger partial charge >= 0.3 is 0 Å². The van der Waals surface area contributed by atoms with Crippen LogP contribution < -0.4 is 0 Å². The third kappa shape index (κ3) is 4.68. The topological polar surface area (TPSA) is 3.24 Å². The summed E-state index contributed by atoms with van der Waals surface area (Å²) in [4.78, 5) is 2.46. The van der Waals surface area contributed by atoms with Crippen LogP contribution in [0.4, 0.5) is 0 Å². The van der Waals surface area contributed by atoms with Crippen molar-refractivity contribution in [1.29, 1.82) is 0 Å². The molecule has 1 fully saturated rings. The van der Waals surface area contributed by atoms with Crippen molar-refractivity contribution in [2.45, 2.75) is 44.9 Å². The van der Waals surface area contributed by atoms with Gasteiger partial charge in [-0.15, -0.1) is 12.1 Å². The van der Waals surface area contributed by atoms with Gasteiger partial charge in [-0.2, -0.15) is 0 Å². The molecule has 1 atom stereocenters. The Hall–Kier alpha value is -0.523. The molecule has 0 bridgehead atoms. The fourth-order valence-corrected chi connectivity index (χ4v) is 2.44. The summed E-state index contributed by atoms with van der Waals surface area (Å²) in [6, 6.07) is 0.489. The van der Waals surface area contributed by atoms with E-state index in [2.05, 4.69) is 42.6 Å². The molecular weight excluding hydrogens is 198 g/mol. The Labute approximate surface area is 95.6 Å². The second-order valence-corrected chi connectivity index (χ2v) is 10.1. The van der Waals surface area contributed by atoms with Gasteiger partial charge in [0.15, 0.2) is 0 Å². The molecule has 1 aliphatic heterocycles. The lowest BCUT2D eigenvalue weighted by atomic mass is 10.0. The Balaban J connectivity index is 2.62. The molecule has 1 unspecified atom stereocenters. The molecule has 0 aromatic heterocycles. The first-order chi connectivity index (χ1) is 7.03. The van der Waals surface area contributed by atoms with Crippen LogP contribution in [0.2, 0.25) is 19.6 Å². The second kappa shape index (κ2) is 5.53. The summed E-state index contributed by atoms with van der Waals surface area (Å²) in [7, 11) is -1.21. The zero-order valence-electron chi connectivity index (χ0n) is 10.3. The average Bonchev–Trinajstić information content (AvgIpc) is 2.16. The fourth-order valence-electron chi connectivity index (χ4n) is 1.84. The van der Waals surface area contributed by atoms with Crippen molar-refractivity contribution >= 4 is 8.07 Å². The molecule has 0 N–H and O–H groups in total. The Morgan fingerprint density at radius 1 is 1.40 bits per heavy atom. The van der Waals surface area contributed by atoms with Gasteiger partial charge in [0.2, 0.25) is 0 Å². The van der Waals surface area contributed by atoms with Gasteiger partial charge in [-0.25, -0.2) is 0 Å². The smallest absolute Gasteiger partial charge is 0.129 e. The summed E-state index contributed by atoms with van der Waals surface area (Å²) >= 11 is 0. The second-order valence-electron chi connectivity index (χ2n) is 5.31. The summed E-state index contributed by atoms with van der Waals surface area (Å²) < 4.78 is 0. The van der Waals surface area contributed by atoms with Crippen molar-refractivity contribution in [3.05, 3.63) is 12.7 Å². The lowest BCUT2D eigenvalue weighted by Crippen LogP contribution is -2.39. The van der Waals surface area contributed by atoms with Gasteiger partial charge in [0.1, 0.15) is 8.07 Å². The molecule has 84 valence electrons. The molecule has 1 saturated heterocycles. The highest BCUT2D eigenvalue weighted by Gasteiger charge is 2.19. The van der Waals surface area contributed by atoms with Crippen LogP contribution in [0.3, 0.4) is 0 Å². The first kappa shape index (κ1) is 12.5. The predicted octanol–water partition coefficient (Wildman–Crippen LogP) is 2.91. The van der Waals surface area contributed by atoms with Crippen LogP contribution in [0.25, 0.3) is 0 Å². The van der Waals surface area contributed by atoms with Crippen molar-refractivity contribution in [1.82, 2.24) is 4.90 Å². The molecule has 1 nitrogen and oxygen atoms in total. The van der Waals surface area contributed by atoms with Crippen molar-refractivity contribution in [3.63, 3.8) is 0 Å². The van der Waals surface area contributed by atoms with Gasteiger partial charge in [-0.3, -0.25) is 4.90 Å². The van der Waals surface area contributed by atoms with E-state index in [1.165, 1.54) is 25.8 Å². The van der Waals surface area contributed by atoms with E-state index in [1.54, 1.807) is 0 Å². The van der Waals surface area contributed by atoms with E-state index < -0.39 is 8.07 Å². The van der Waals surface area contributed by atoms with Gasteiger partial charge in [-0.05, 0) is 25.8 Å². The Morgan fingerprint density at radius 3 is 2.73 bits per heavy atom. The summed E-state index contributed by atoms with van der Waals surface area (Å²) in [5.41, 5.74) is 3.49. The van der Waals surface area contributed by atoms with Crippen molar-refractivity contribution in [2.24, 2.45) is 0 Å². The van der Waals surface area contributed by atoms with Crippen LogP contribution in [-0.4, -0.2) is 32.1 Å². The van der Waals surface area contributed by atoms with Crippen molar-refractivity contribution in [2.75, 3.05) is 13.1 Å². The maximum absolute atomic E-state index is 3.82. The van der Waals surface area contributed by atoms with Gasteiger partial charge in [0.25, 0.3) is 0 Å². The number of likely N-dealkylation sites (tertiary alicyclic amines) is 1. The lowest BCUT2D eigenvalue weighted by molar-refractivity contribution is 0.206. The van der Waals surface area contributed by atoms with Gasteiger partial charge in [0, 0.05) is 6.54 Å². The normalized spacial score (nSPS) is 23.0. The van der Waals surface area contributed by atoms with Gasteiger partial charge in [0.05, 0.1) is 6.04 Å². The Kier molecular flexibility index (Phi) is 4.63. The third-order valence-corrected chi connectivity index (χ3v) is 3.49.